The number of hydrogen-bond acceptors (Lipinski definition) is 2. The molecule has 0 spiro atoms. The second-order valence-electron chi connectivity index (χ2n) is 7.30. The highest BCUT2D eigenvalue weighted by atomic mass is 16.5. The summed E-state index contributed by atoms with van der Waals surface area (Å²) in [6, 6.07) is 19.3. The van der Waals surface area contributed by atoms with E-state index >= 15 is 0 Å². The molecular formula is C23H32O2. The Bertz CT molecular complexity index is 604. The first-order chi connectivity index (χ1) is 12.0. The SMILES string of the molecule is CO[C@@H](C(C)C)[C@@H](C)c1ccc([C@@H](C)COCc2ccccc2)cc1. The van der Waals surface area contributed by atoms with E-state index in [4.69, 9.17) is 9.47 Å². The second kappa shape index (κ2) is 9.74. The lowest BCUT2D eigenvalue weighted by atomic mass is 9.87. The summed E-state index contributed by atoms with van der Waals surface area (Å²) in [7, 11) is 1.81. The van der Waals surface area contributed by atoms with Gasteiger partial charge in [0.25, 0.3) is 0 Å². The molecule has 0 aliphatic rings. The molecule has 136 valence electrons. The fourth-order valence-electron chi connectivity index (χ4n) is 3.40. The van der Waals surface area contributed by atoms with Crippen molar-refractivity contribution < 1.29 is 9.47 Å². The highest BCUT2D eigenvalue weighted by molar-refractivity contribution is 5.28. The van der Waals surface area contributed by atoms with Crippen molar-refractivity contribution in [2.24, 2.45) is 5.92 Å². The maximum absolute atomic E-state index is 5.88. The third-order valence-corrected chi connectivity index (χ3v) is 4.93. The summed E-state index contributed by atoms with van der Waals surface area (Å²) in [6.45, 7) is 10.3. The molecule has 0 unspecified atom stereocenters. The zero-order chi connectivity index (χ0) is 18.2. The Morgan fingerprint density at radius 3 is 1.96 bits per heavy atom. The van der Waals surface area contributed by atoms with Gasteiger partial charge in [0, 0.05) is 18.9 Å². The fraction of sp³-hybridized carbons (Fsp3) is 0.478. The Hall–Kier alpha value is -1.64. The second-order valence-corrected chi connectivity index (χ2v) is 7.30. The minimum atomic E-state index is 0.248. The van der Waals surface area contributed by atoms with Gasteiger partial charge in [-0.2, -0.15) is 0 Å². The molecule has 2 aromatic rings. The topological polar surface area (TPSA) is 18.5 Å². The van der Waals surface area contributed by atoms with Crippen LogP contribution in [0.4, 0.5) is 0 Å². The predicted molar refractivity (Wildman–Crippen MR) is 105 cm³/mol. The van der Waals surface area contributed by atoms with Crippen LogP contribution in [0.15, 0.2) is 54.6 Å². The number of benzene rings is 2. The van der Waals surface area contributed by atoms with Crippen LogP contribution in [0, 0.1) is 5.92 Å². The number of methoxy groups -OCH3 is 1. The van der Waals surface area contributed by atoms with Gasteiger partial charge in [0.1, 0.15) is 0 Å². The summed E-state index contributed by atoms with van der Waals surface area (Å²) < 4.78 is 11.6. The van der Waals surface area contributed by atoms with Gasteiger partial charge in [-0.15, -0.1) is 0 Å². The van der Waals surface area contributed by atoms with E-state index in [0.717, 1.165) is 6.61 Å². The van der Waals surface area contributed by atoms with E-state index in [1.807, 2.05) is 25.3 Å². The average Bonchev–Trinajstić information content (AvgIpc) is 2.63. The number of rotatable bonds is 9. The summed E-state index contributed by atoms with van der Waals surface area (Å²) in [6.07, 6.45) is 0.248. The number of hydrogen-bond donors (Lipinski definition) is 0. The van der Waals surface area contributed by atoms with E-state index in [9.17, 15) is 0 Å². The van der Waals surface area contributed by atoms with E-state index in [2.05, 4.69) is 64.1 Å². The summed E-state index contributed by atoms with van der Waals surface area (Å²) in [5.74, 6) is 1.28. The molecule has 0 aliphatic carbocycles. The van der Waals surface area contributed by atoms with Crippen LogP contribution in [0.2, 0.25) is 0 Å². The lowest BCUT2D eigenvalue weighted by Crippen LogP contribution is -2.24. The van der Waals surface area contributed by atoms with Crippen molar-refractivity contribution in [3.8, 4) is 0 Å². The Balaban J connectivity index is 1.90. The van der Waals surface area contributed by atoms with Gasteiger partial charge in [-0.25, -0.2) is 0 Å². The van der Waals surface area contributed by atoms with E-state index in [0.29, 0.717) is 24.4 Å². The van der Waals surface area contributed by atoms with E-state index < -0.39 is 0 Å². The van der Waals surface area contributed by atoms with Crippen LogP contribution in [-0.4, -0.2) is 19.8 Å². The van der Waals surface area contributed by atoms with Gasteiger partial charge in [-0.05, 0) is 22.6 Å². The van der Waals surface area contributed by atoms with Gasteiger partial charge >= 0.3 is 0 Å². The molecule has 0 fully saturated rings. The lowest BCUT2D eigenvalue weighted by molar-refractivity contribution is 0.0468. The molecule has 0 heterocycles. The lowest BCUT2D eigenvalue weighted by Gasteiger charge is -2.26. The van der Waals surface area contributed by atoms with E-state index in [-0.39, 0.29) is 6.10 Å². The molecule has 0 bridgehead atoms. The molecule has 0 saturated heterocycles. The first-order valence-corrected chi connectivity index (χ1v) is 9.27. The van der Waals surface area contributed by atoms with Crippen molar-refractivity contribution in [3.63, 3.8) is 0 Å². The van der Waals surface area contributed by atoms with Crippen molar-refractivity contribution in [2.75, 3.05) is 13.7 Å². The first-order valence-electron chi connectivity index (χ1n) is 9.27. The van der Waals surface area contributed by atoms with Crippen molar-refractivity contribution >= 4 is 0 Å². The van der Waals surface area contributed by atoms with Crippen LogP contribution in [0.25, 0.3) is 0 Å². The van der Waals surface area contributed by atoms with Gasteiger partial charge < -0.3 is 9.47 Å². The van der Waals surface area contributed by atoms with Crippen LogP contribution in [0.5, 0.6) is 0 Å². The quantitative estimate of drug-likeness (QED) is 0.576. The van der Waals surface area contributed by atoms with Crippen molar-refractivity contribution in [2.45, 2.75) is 52.2 Å². The van der Waals surface area contributed by atoms with Crippen LogP contribution >= 0.6 is 0 Å². The molecule has 0 aliphatic heterocycles. The highest BCUT2D eigenvalue weighted by Gasteiger charge is 2.21. The zero-order valence-electron chi connectivity index (χ0n) is 16.2. The smallest absolute Gasteiger partial charge is 0.0717 e. The molecule has 0 amide bonds. The molecule has 2 heteroatoms. The van der Waals surface area contributed by atoms with Crippen molar-refractivity contribution in [1.29, 1.82) is 0 Å². The van der Waals surface area contributed by atoms with Gasteiger partial charge in [0.15, 0.2) is 0 Å². The van der Waals surface area contributed by atoms with Crippen molar-refractivity contribution in [3.05, 3.63) is 71.3 Å². The molecule has 0 aromatic heterocycles. The minimum Gasteiger partial charge on any atom is -0.381 e. The van der Waals surface area contributed by atoms with Crippen LogP contribution in [-0.2, 0) is 16.1 Å². The third-order valence-electron chi connectivity index (χ3n) is 4.93. The summed E-state index contributed by atoms with van der Waals surface area (Å²) in [4.78, 5) is 0. The Labute approximate surface area is 153 Å². The zero-order valence-corrected chi connectivity index (χ0v) is 16.2. The molecule has 2 nitrogen and oxygen atoms in total. The summed E-state index contributed by atoms with van der Waals surface area (Å²) >= 11 is 0. The fourth-order valence-corrected chi connectivity index (χ4v) is 3.40. The average molecular weight is 341 g/mol. The molecule has 2 aromatic carbocycles. The normalized spacial score (nSPS) is 15.1. The summed E-state index contributed by atoms with van der Waals surface area (Å²) in [5.41, 5.74) is 3.88. The Kier molecular flexibility index (Phi) is 7.67. The monoisotopic (exact) mass is 340 g/mol. The maximum Gasteiger partial charge on any atom is 0.0717 e. The largest absolute Gasteiger partial charge is 0.381 e. The molecule has 3 atom stereocenters. The van der Waals surface area contributed by atoms with Crippen LogP contribution in [0.3, 0.4) is 0 Å². The number of ether oxygens (including phenoxy) is 2. The van der Waals surface area contributed by atoms with Crippen LogP contribution in [0.1, 0.15) is 56.2 Å². The Morgan fingerprint density at radius 1 is 0.800 bits per heavy atom. The predicted octanol–water partition coefficient (Wildman–Crippen LogP) is 5.78. The van der Waals surface area contributed by atoms with Gasteiger partial charge in [-0.1, -0.05) is 82.3 Å². The van der Waals surface area contributed by atoms with E-state index in [1.54, 1.807) is 0 Å². The minimum absolute atomic E-state index is 0.248. The standard InChI is InChI=1S/C23H32O2/c1-17(2)23(24-5)19(4)22-13-11-21(12-14-22)18(3)15-25-16-20-9-7-6-8-10-20/h6-14,17-19,23H,15-16H2,1-5H3/t18-,19-,23-/m0/s1. The van der Waals surface area contributed by atoms with Gasteiger partial charge in [-0.3, -0.25) is 0 Å². The van der Waals surface area contributed by atoms with Crippen LogP contribution < -0.4 is 0 Å². The molecule has 0 radical (unpaired) electrons. The van der Waals surface area contributed by atoms with Gasteiger partial charge in [0.05, 0.1) is 19.3 Å². The van der Waals surface area contributed by atoms with Crippen molar-refractivity contribution in [1.82, 2.24) is 0 Å². The molecule has 25 heavy (non-hydrogen) atoms. The van der Waals surface area contributed by atoms with E-state index in [1.165, 1.54) is 16.7 Å². The van der Waals surface area contributed by atoms with Gasteiger partial charge in [0.2, 0.25) is 0 Å². The first kappa shape index (κ1) is 19.7. The highest BCUT2D eigenvalue weighted by Crippen LogP contribution is 2.27. The molecule has 2 rings (SSSR count). The molecule has 0 N–H and O–H groups in total. The Morgan fingerprint density at radius 2 is 1.40 bits per heavy atom. The molecule has 0 saturated carbocycles. The molecular weight excluding hydrogens is 308 g/mol. The third kappa shape index (κ3) is 5.69. The summed E-state index contributed by atoms with van der Waals surface area (Å²) in [5, 5.41) is 0. The maximum atomic E-state index is 5.88.